The third-order valence-electron chi connectivity index (χ3n) is 2.03. The van der Waals surface area contributed by atoms with Gasteiger partial charge in [-0.15, -0.1) is 10.2 Å². The van der Waals surface area contributed by atoms with Crippen LogP contribution < -0.4 is 0 Å². The second-order valence-electron chi connectivity index (χ2n) is 3.20. The molecule has 0 unspecified atom stereocenters. The van der Waals surface area contributed by atoms with Crippen LogP contribution in [0.3, 0.4) is 0 Å². The average Bonchev–Trinajstić information content (AvgIpc) is 2.72. The number of aromatic nitrogens is 2. The van der Waals surface area contributed by atoms with Crippen LogP contribution in [0, 0.1) is 12.8 Å². The molecule has 0 bridgehead atoms. The summed E-state index contributed by atoms with van der Waals surface area (Å²) in [5, 5.41) is 7.70. The zero-order chi connectivity index (χ0) is 7.68. The minimum Gasteiger partial charge on any atom is -0.426 e. The lowest BCUT2D eigenvalue weighted by atomic mass is 10.2. The number of hydrogen-bond donors (Lipinski definition) is 0. The third-order valence-corrected chi connectivity index (χ3v) is 2.03. The molecule has 2 rings (SSSR count). The maximum atomic E-state index is 5.24. The minimum atomic E-state index is 0.677. The summed E-state index contributed by atoms with van der Waals surface area (Å²) in [5.74, 6) is 2.42. The van der Waals surface area contributed by atoms with Gasteiger partial charge in [-0.1, -0.05) is 12.8 Å². The van der Waals surface area contributed by atoms with Crippen LogP contribution in [0.25, 0.3) is 0 Å². The molecule has 0 aromatic carbocycles. The Bertz CT molecular complexity index is 240. The molecule has 1 saturated carbocycles. The van der Waals surface area contributed by atoms with Crippen molar-refractivity contribution in [2.45, 2.75) is 32.6 Å². The fourth-order valence-electron chi connectivity index (χ4n) is 1.17. The van der Waals surface area contributed by atoms with Crippen LogP contribution in [0.15, 0.2) is 4.42 Å². The van der Waals surface area contributed by atoms with Crippen molar-refractivity contribution < 1.29 is 4.42 Å². The van der Waals surface area contributed by atoms with Crippen molar-refractivity contribution in [1.82, 2.24) is 10.2 Å². The molecule has 1 aromatic heterocycles. The highest BCUT2D eigenvalue weighted by atomic mass is 16.4. The molecular formula is C8H12N2O. The molecule has 1 aromatic rings. The standard InChI is InChI=1S/C8H12N2O/c1-6-9-10-8(11-6)5-4-7-2-3-7/h7H,2-5H2,1H3. The summed E-state index contributed by atoms with van der Waals surface area (Å²) < 4.78 is 5.24. The SMILES string of the molecule is Cc1nnc(CCC2CC2)o1. The molecule has 60 valence electrons. The molecule has 1 aliphatic carbocycles. The number of nitrogens with zero attached hydrogens (tertiary/aromatic N) is 2. The molecule has 1 aliphatic rings. The van der Waals surface area contributed by atoms with Gasteiger partial charge in [-0.3, -0.25) is 0 Å². The Balaban J connectivity index is 1.85. The maximum Gasteiger partial charge on any atom is 0.216 e. The lowest BCUT2D eigenvalue weighted by Gasteiger charge is -1.90. The van der Waals surface area contributed by atoms with Crippen molar-refractivity contribution in [3.8, 4) is 0 Å². The van der Waals surface area contributed by atoms with Crippen LogP contribution in [0.5, 0.6) is 0 Å². The molecule has 0 saturated heterocycles. The van der Waals surface area contributed by atoms with Gasteiger partial charge in [0.05, 0.1) is 0 Å². The molecule has 0 aliphatic heterocycles. The predicted octanol–water partition coefficient (Wildman–Crippen LogP) is 1.72. The quantitative estimate of drug-likeness (QED) is 0.662. The van der Waals surface area contributed by atoms with Gasteiger partial charge in [-0.05, 0) is 12.3 Å². The molecule has 11 heavy (non-hydrogen) atoms. The Labute approximate surface area is 65.8 Å². The summed E-state index contributed by atoms with van der Waals surface area (Å²) in [6.07, 6.45) is 4.98. The molecule has 3 heteroatoms. The summed E-state index contributed by atoms with van der Waals surface area (Å²) in [7, 11) is 0. The highest BCUT2D eigenvalue weighted by Crippen LogP contribution is 2.33. The van der Waals surface area contributed by atoms with Gasteiger partial charge in [-0.2, -0.15) is 0 Å². The minimum absolute atomic E-state index is 0.677. The molecule has 0 atom stereocenters. The first-order valence-electron chi connectivity index (χ1n) is 4.13. The van der Waals surface area contributed by atoms with Gasteiger partial charge in [0, 0.05) is 13.3 Å². The Kier molecular flexibility index (Phi) is 1.64. The topological polar surface area (TPSA) is 38.9 Å². The first-order valence-corrected chi connectivity index (χ1v) is 4.13. The van der Waals surface area contributed by atoms with Crippen LogP contribution in [-0.4, -0.2) is 10.2 Å². The zero-order valence-corrected chi connectivity index (χ0v) is 6.71. The molecule has 1 fully saturated rings. The van der Waals surface area contributed by atoms with Crippen molar-refractivity contribution in [3.63, 3.8) is 0 Å². The number of rotatable bonds is 3. The Morgan fingerprint density at radius 3 is 2.82 bits per heavy atom. The number of hydrogen-bond acceptors (Lipinski definition) is 3. The van der Waals surface area contributed by atoms with Gasteiger partial charge in [0.25, 0.3) is 0 Å². The molecular weight excluding hydrogens is 140 g/mol. The van der Waals surface area contributed by atoms with E-state index in [1.165, 1.54) is 19.3 Å². The molecule has 0 N–H and O–H groups in total. The van der Waals surface area contributed by atoms with Crippen LogP contribution in [0.1, 0.15) is 31.0 Å². The highest BCUT2D eigenvalue weighted by molar-refractivity contribution is 4.82. The largest absolute Gasteiger partial charge is 0.426 e. The van der Waals surface area contributed by atoms with Gasteiger partial charge in [0.2, 0.25) is 11.8 Å². The first kappa shape index (κ1) is 6.83. The molecule has 0 amide bonds. The first-order chi connectivity index (χ1) is 5.34. The van der Waals surface area contributed by atoms with E-state index >= 15 is 0 Å². The van der Waals surface area contributed by atoms with E-state index in [0.29, 0.717) is 5.89 Å². The lowest BCUT2D eigenvalue weighted by Crippen LogP contribution is -1.86. The molecule has 0 spiro atoms. The average molecular weight is 152 g/mol. The van der Waals surface area contributed by atoms with Crippen molar-refractivity contribution >= 4 is 0 Å². The highest BCUT2D eigenvalue weighted by Gasteiger charge is 2.21. The summed E-state index contributed by atoms with van der Waals surface area (Å²) in [5.41, 5.74) is 0. The van der Waals surface area contributed by atoms with Crippen molar-refractivity contribution in [2.24, 2.45) is 5.92 Å². The summed E-state index contributed by atoms with van der Waals surface area (Å²) in [6.45, 7) is 1.83. The van der Waals surface area contributed by atoms with Gasteiger partial charge in [0.15, 0.2) is 0 Å². The second-order valence-corrected chi connectivity index (χ2v) is 3.20. The Morgan fingerprint density at radius 1 is 1.45 bits per heavy atom. The van der Waals surface area contributed by atoms with E-state index in [1.54, 1.807) is 0 Å². The van der Waals surface area contributed by atoms with Gasteiger partial charge in [0.1, 0.15) is 0 Å². The van der Waals surface area contributed by atoms with Gasteiger partial charge < -0.3 is 4.42 Å². The fourth-order valence-corrected chi connectivity index (χ4v) is 1.17. The molecule has 1 heterocycles. The van der Waals surface area contributed by atoms with E-state index < -0.39 is 0 Å². The summed E-state index contributed by atoms with van der Waals surface area (Å²) in [6, 6.07) is 0. The van der Waals surface area contributed by atoms with Crippen molar-refractivity contribution in [1.29, 1.82) is 0 Å². The maximum absolute atomic E-state index is 5.24. The van der Waals surface area contributed by atoms with Gasteiger partial charge >= 0.3 is 0 Å². The molecule has 0 radical (unpaired) electrons. The van der Waals surface area contributed by atoms with E-state index in [2.05, 4.69) is 10.2 Å². The molecule has 3 nitrogen and oxygen atoms in total. The van der Waals surface area contributed by atoms with Crippen LogP contribution in [-0.2, 0) is 6.42 Å². The van der Waals surface area contributed by atoms with Crippen LogP contribution in [0.2, 0.25) is 0 Å². The van der Waals surface area contributed by atoms with E-state index in [0.717, 1.165) is 18.2 Å². The normalized spacial score (nSPS) is 17.2. The van der Waals surface area contributed by atoms with E-state index in [-0.39, 0.29) is 0 Å². The Hall–Kier alpha value is -0.860. The van der Waals surface area contributed by atoms with Gasteiger partial charge in [-0.25, -0.2) is 0 Å². The van der Waals surface area contributed by atoms with Crippen LogP contribution in [0.4, 0.5) is 0 Å². The van der Waals surface area contributed by atoms with E-state index in [1.807, 2.05) is 6.92 Å². The fraction of sp³-hybridized carbons (Fsp3) is 0.750. The van der Waals surface area contributed by atoms with Crippen molar-refractivity contribution in [3.05, 3.63) is 11.8 Å². The third kappa shape index (κ3) is 1.79. The number of aryl methyl sites for hydroxylation is 2. The Morgan fingerprint density at radius 2 is 2.27 bits per heavy atom. The van der Waals surface area contributed by atoms with Crippen molar-refractivity contribution in [2.75, 3.05) is 0 Å². The zero-order valence-electron chi connectivity index (χ0n) is 6.71. The van der Waals surface area contributed by atoms with E-state index in [9.17, 15) is 0 Å². The lowest BCUT2D eigenvalue weighted by molar-refractivity contribution is 0.456. The summed E-state index contributed by atoms with van der Waals surface area (Å²) >= 11 is 0. The van der Waals surface area contributed by atoms with Crippen LogP contribution >= 0.6 is 0 Å². The van der Waals surface area contributed by atoms with E-state index in [4.69, 9.17) is 4.42 Å². The smallest absolute Gasteiger partial charge is 0.216 e. The predicted molar refractivity (Wildman–Crippen MR) is 40.1 cm³/mol. The second kappa shape index (κ2) is 2.64. The monoisotopic (exact) mass is 152 g/mol. The summed E-state index contributed by atoms with van der Waals surface area (Å²) in [4.78, 5) is 0.